The molecule has 2 aromatic rings. The van der Waals surface area contributed by atoms with E-state index in [-0.39, 0.29) is 19.0 Å². The lowest BCUT2D eigenvalue weighted by molar-refractivity contribution is -0.125. The van der Waals surface area contributed by atoms with E-state index >= 15 is 0 Å². The van der Waals surface area contributed by atoms with Crippen LogP contribution in [0.4, 0.5) is 5.69 Å². The Morgan fingerprint density at radius 2 is 2.04 bits per heavy atom. The number of hydrogen-bond acceptors (Lipinski definition) is 5. The molecule has 28 heavy (non-hydrogen) atoms. The monoisotopic (exact) mass is 383 g/mol. The number of methoxy groups -OCH3 is 1. The van der Waals surface area contributed by atoms with Gasteiger partial charge in [0, 0.05) is 12.1 Å². The summed E-state index contributed by atoms with van der Waals surface area (Å²) in [6, 6.07) is 13.1. The van der Waals surface area contributed by atoms with Crippen molar-refractivity contribution >= 4 is 17.5 Å². The summed E-state index contributed by atoms with van der Waals surface area (Å²) in [4.78, 5) is 28.1. The molecular formula is C21H25N3O4. The van der Waals surface area contributed by atoms with E-state index in [1.54, 1.807) is 30.2 Å². The highest BCUT2D eigenvalue weighted by atomic mass is 16.5. The zero-order valence-corrected chi connectivity index (χ0v) is 16.3. The minimum Gasteiger partial charge on any atom is -0.496 e. The number of hydrogen-bond donors (Lipinski definition) is 1. The van der Waals surface area contributed by atoms with E-state index in [0.717, 1.165) is 16.9 Å². The first-order valence-electron chi connectivity index (χ1n) is 9.06. The number of fused-ring (bicyclic) bond motifs is 1. The molecule has 3 rings (SSSR count). The molecule has 1 aliphatic rings. The van der Waals surface area contributed by atoms with Gasteiger partial charge in [0.15, 0.2) is 6.10 Å². The van der Waals surface area contributed by atoms with Crippen molar-refractivity contribution in [2.45, 2.75) is 19.6 Å². The lowest BCUT2D eigenvalue weighted by atomic mass is 10.1. The Balaban J connectivity index is 1.75. The molecule has 7 heteroatoms. The van der Waals surface area contributed by atoms with E-state index in [4.69, 9.17) is 15.2 Å². The number of carbonyl (C=O) groups excluding carboxylic acids is 2. The summed E-state index contributed by atoms with van der Waals surface area (Å²) in [6.45, 7) is 2.86. The van der Waals surface area contributed by atoms with Gasteiger partial charge in [0.25, 0.3) is 5.91 Å². The van der Waals surface area contributed by atoms with E-state index in [1.807, 2.05) is 43.1 Å². The van der Waals surface area contributed by atoms with E-state index in [2.05, 4.69) is 0 Å². The van der Waals surface area contributed by atoms with Gasteiger partial charge in [0.1, 0.15) is 11.5 Å². The van der Waals surface area contributed by atoms with Gasteiger partial charge in [-0.1, -0.05) is 29.8 Å². The number of carbonyl (C=O) groups is 2. The van der Waals surface area contributed by atoms with Crippen LogP contribution in [0.3, 0.4) is 0 Å². The van der Waals surface area contributed by atoms with Crippen molar-refractivity contribution in [3.8, 4) is 11.5 Å². The highest BCUT2D eigenvalue weighted by Crippen LogP contribution is 2.33. The molecule has 7 nitrogen and oxygen atoms in total. The normalized spacial score (nSPS) is 15.7. The van der Waals surface area contributed by atoms with Crippen molar-refractivity contribution in [2.24, 2.45) is 5.73 Å². The van der Waals surface area contributed by atoms with Crippen LogP contribution in [-0.2, 0) is 16.1 Å². The number of benzene rings is 2. The van der Waals surface area contributed by atoms with Crippen LogP contribution < -0.4 is 20.1 Å². The fraction of sp³-hybridized carbons (Fsp3) is 0.333. The molecule has 0 fully saturated rings. The van der Waals surface area contributed by atoms with Gasteiger partial charge in [-0.3, -0.25) is 14.5 Å². The van der Waals surface area contributed by atoms with E-state index < -0.39 is 12.0 Å². The zero-order valence-electron chi connectivity index (χ0n) is 16.3. The minimum atomic E-state index is -0.860. The summed E-state index contributed by atoms with van der Waals surface area (Å²) in [6.07, 6.45) is -0.860. The molecule has 1 heterocycles. The number of para-hydroxylation sites is 2. The van der Waals surface area contributed by atoms with Crippen LogP contribution in [0, 0.1) is 6.92 Å². The van der Waals surface area contributed by atoms with Crippen LogP contribution in [0.5, 0.6) is 11.5 Å². The fourth-order valence-electron chi connectivity index (χ4n) is 3.31. The molecule has 0 aliphatic carbocycles. The Bertz CT molecular complexity index is 884. The quantitative estimate of drug-likeness (QED) is 0.821. The van der Waals surface area contributed by atoms with Gasteiger partial charge in [-0.25, -0.2) is 0 Å². The molecule has 0 saturated heterocycles. The van der Waals surface area contributed by atoms with E-state index in [0.29, 0.717) is 18.0 Å². The van der Waals surface area contributed by atoms with Gasteiger partial charge in [-0.15, -0.1) is 0 Å². The van der Waals surface area contributed by atoms with Crippen LogP contribution in [0.2, 0.25) is 0 Å². The largest absolute Gasteiger partial charge is 0.496 e. The summed E-state index contributed by atoms with van der Waals surface area (Å²) >= 11 is 0. The molecular weight excluding hydrogens is 358 g/mol. The average molecular weight is 383 g/mol. The molecule has 2 amide bonds. The summed E-state index contributed by atoms with van der Waals surface area (Å²) in [5.41, 5.74) is 8.19. The maximum Gasteiger partial charge on any atom is 0.260 e. The van der Waals surface area contributed by atoms with Crippen molar-refractivity contribution in [1.82, 2.24) is 4.90 Å². The van der Waals surface area contributed by atoms with Crippen LogP contribution in [-0.4, -0.2) is 50.1 Å². The predicted octanol–water partition coefficient (Wildman–Crippen LogP) is 1.71. The number of likely N-dealkylation sites (N-methyl/N-ethyl adjacent to an activating group) is 1. The summed E-state index contributed by atoms with van der Waals surface area (Å²) in [5, 5.41) is 0. The van der Waals surface area contributed by atoms with Crippen LogP contribution in [0.25, 0.3) is 0 Å². The molecule has 0 saturated carbocycles. The van der Waals surface area contributed by atoms with E-state index in [9.17, 15) is 9.59 Å². The number of nitrogens with two attached hydrogens (primary N) is 1. The van der Waals surface area contributed by atoms with Crippen LogP contribution in [0.15, 0.2) is 42.5 Å². The summed E-state index contributed by atoms with van der Waals surface area (Å²) < 4.78 is 11.0. The standard InChI is InChI=1S/C21H25N3O4/c1-14-8-9-17(27-3)15(10-14)11-23(2)13-20(25)24-12-19(21(22)26)28-18-7-5-4-6-16(18)24/h4-10,19H,11-13H2,1-3H3,(H2,22,26). The van der Waals surface area contributed by atoms with Gasteiger partial charge >= 0.3 is 0 Å². The molecule has 1 atom stereocenters. The Morgan fingerprint density at radius 1 is 1.29 bits per heavy atom. The third kappa shape index (κ3) is 4.26. The Labute approximate surface area is 164 Å². The van der Waals surface area contributed by atoms with Crippen LogP contribution in [0.1, 0.15) is 11.1 Å². The first kappa shape index (κ1) is 19.7. The van der Waals surface area contributed by atoms with Crippen molar-refractivity contribution < 1.29 is 19.1 Å². The van der Waals surface area contributed by atoms with Crippen molar-refractivity contribution in [1.29, 1.82) is 0 Å². The molecule has 2 aromatic carbocycles. The third-order valence-corrected chi connectivity index (χ3v) is 4.67. The van der Waals surface area contributed by atoms with Gasteiger partial charge in [0.2, 0.25) is 5.91 Å². The van der Waals surface area contributed by atoms with Crippen LogP contribution >= 0.6 is 0 Å². The Hall–Kier alpha value is -3.06. The number of amides is 2. The second-order valence-electron chi connectivity index (χ2n) is 6.97. The third-order valence-electron chi connectivity index (χ3n) is 4.67. The number of aryl methyl sites for hydroxylation is 1. The number of rotatable bonds is 6. The smallest absolute Gasteiger partial charge is 0.260 e. The SMILES string of the molecule is COc1ccc(C)cc1CN(C)CC(=O)N1CC(C(N)=O)Oc2ccccc21. The van der Waals surface area contributed by atoms with Crippen molar-refractivity contribution in [3.63, 3.8) is 0 Å². The number of primary amides is 1. The average Bonchev–Trinajstić information content (AvgIpc) is 2.67. The molecule has 2 N–H and O–H groups in total. The number of ether oxygens (including phenoxy) is 2. The van der Waals surface area contributed by atoms with Crippen molar-refractivity contribution in [2.75, 3.05) is 32.1 Å². The molecule has 0 spiro atoms. The van der Waals surface area contributed by atoms with Gasteiger partial charge in [-0.05, 0) is 32.2 Å². The minimum absolute atomic E-state index is 0.104. The van der Waals surface area contributed by atoms with Gasteiger partial charge in [-0.2, -0.15) is 0 Å². The summed E-state index contributed by atoms with van der Waals surface area (Å²) in [7, 11) is 3.51. The molecule has 0 aromatic heterocycles. The lowest BCUT2D eigenvalue weighted by Crippen LogP contribution is -2.51. The number of anilines is 1. The predicted molar refractivity (Wildman–Crippen MR) is 106 cm³/mol. The first-order valence-corrected chi connectivity index (χ1v) is 9.06. The topological polar surface area (TPSA) is 85.1 Å². The molecule has 148 valence electrons. The van der Waals surface area contributed by atoms with E-state index in [1.165, 1.54) is 0 Å². The van der Waals surface area contributed by atoms with Crippen molar-refractivity contribution in [3.05, 3.63) is 53.6 Å². The molecule has 1 aliphatic heterocycles. The zero-order chi connectivity index (χ0) is 20.3. The van der Waals surface area contributed by atoms with Gasteiger partial charge in [0.05, 0.1) is 25.9 Å². The Morgan fingerprint density at radius 3 is 2.75 bits per heavy atom. The molecule has 1 unspecified atom stereocenters. The second-order valence-corrected chi connectivity index (χ2v) is 6.97. The maximum atomic E-state index is 13.0. The lowest BCUT2D eigenvalue weighted by Gasteiger charge is -2.34. The van der Waals surface area contributed by atoms with Gasteiger partial charge < -0.3 is 20.1 Å². The second kappa shape index (κ2) is 8.31. The first-order chi connectivity index (χ1) is 13.4. The highest BCUT2D eigenvalue weighted by molar-refractivity contribution is 5.98. The molecule has 0 radical (unpaired) electrons. The maximum absolute atomic E-state index is 13.0. The Kier molecular flexibility index (Phi) is 5.84. The number of nitrogens with zero attached hydrogens (tertiary/aromatic N) is 2. The summed E-state index contributed by atoms with van der Waals surface area (Å²) in [5.74, 6) is 0.547. The molecule has 0 bridgehead atoms. The fourth-order valence-corrected chi connectivity index (χ4v) is 3.31. The highest BCUT2D eigenvalue weighted by Gasteiger charge is 2.32.